The van der Waals surface area contributed by atoms with Crippen LogP contribution < -0.4 is 0 Å². The van der Waals surface area contributed by atoms with Crippen LogP contribution in [0.5, 0.6) is 0 Å². The molecule has 4 aliphatic carbocycles. The minimum Gasteiger partial charge on any atom is -0.390 e. The molecule has 1 unspecified atom stereocenters. The van der Waals surface area contributed by atoms with Crippen molar-refractivity contribution in [1.82, 2.24) is 0 Å². The quantitative estimate of drug-likeness (QED) is 0.504. The molecule has 10 atom stereocenters. The van der Waals surface area contributed by atoms with Crippen molar-refractivity contribution in [3.63, 3.8) is 0 Å². The van der Waals surface area contributed by atoms with E-state index in [0.29, 0.717) is 29.6 Å². The maximum Gasteiger partial charge on any atom is 0.414 e. The van der Waals surface area contributed by atoms with Gasteiger partial charge in [0.15, 0.2) is 0 Å². The van der Waals surface area contributed by atoms with Crippen molar-refractivity contribution in [2.45, 2.75) is 116 Å². The van der Waals surface area contributed by atoms with Crippen LogP contribution in [-0.4, -0.2) is 28.1 Å². The van der Waals surface area contributed by atoms with Crippen LogP contribution in [0.4, 0.5) is 13.2 Å². The molecule has 0 aromatic carbocycles. The van der Waals surface area contributed by atoms with E-state index in [-0.39, 0.29) is 17.8 Å². The van der Waals surface area contributed by atoms with Crippen molar-refractivity contribution in [2.24, 2.45) is 46.3 Å². The fourth-order valence-corrected chi connectivity index (χ4v) is 9.19. The summed E-state index contributed by atoms with van der Waals surface area (Å²) >= 11 is 0. The van der Waals surface area contributed by atoms with Crippen molar-refractivity contribution in [3.8, 4) is 0 Å². The van der Waals surface area contributed by atoms with Crippen LogP contribution in [0.15, 0.2) is 0 Å². The first-order valence-corrected chi connectivity index (χ1v) is 12.7. The molecule has 4 saturated carbocycles. The number of alkyl halides is 3. The lowest BCUT2D eigenvalue weighted by Gasteiger charge is -2.62. The summed E-state index contributed by atoms with van der Waals surface area (Å²) in [6.45, 7) is 9.06. The van der Waals surface area contributed by atoms with E-state index in [1.165, 1.54) is 32.1 Å². The lowest BCUT2D eigenvalue weighted by Crippen LogP contribution is -2.55. The molecule has 2 N–H and O–H groups in total. The van der Waals surface area contributed by atoms with Crippen LogP contribution in [0, 0.1) is 46.3 Å². The van der Waals surface area contributed by atoms with Gasteiger partial charge in [0, 0.05) is 0 Å². The highest BCUT2D eigenvalue weighted by Gasteiger charge is 2.61. The van der Waals surface area contributed by atoms with Gasteiger partial charge in [-0.15, -0.1) is 0 Å². The Bertz CT molecular complexity index is 662. The molecule has 4 fully saturated rings. The van der Waals surface area contributed by atoms with E-state index < -0.39 is 17.9 Å². The van der Waals surface area contributed by atoms with Crippen LogP contribution in [0.2, 0.25) is 0 Å². The average molecular weight is 445 g/mol. The normalized spacial score (nSPS) is 49.6. The number of rotatable bonds is 4. The molecule has 0 spiro atoms. The van der Waals surface area contributed by atoms with Gasteiger partial charge in [0.1, 0.15) is 6.10 Å². The second-order valence-corrected chi connectivity index (χ2v) is 12.7. The van der Waals surface area contributed by atoms with Crippen molar-refractivity contribution in [2.75, 3.05) is 0 Å². The van der Waals surface area contributed by atoms with Gasteiger partial charge >= 0.3 is 6.18 Å². The van der Waals surface area contributed by atoms with E-state index in [0.717, 1.165) is 37.5 Å². The number of aliphatic hydroxyl groups excluding tert-OH is 1. The summed E-state index contributed by atoms with van der Waals surface area (Å²) in [6.07, 6.45) is 3.82. The maximum atomic E-state index is 12.8. The van der Waals surface area contributed by atoms with E-state index >= 15 is 0 Å². The molecular weight excluding hydrogens is 401 g/mol. The Balaban J connectivity index is 1.45. The highest BCUT2D eigenvalue weighted by molar-refractivity contribution is 5.10. The summed E-state index contributed by atoms with van der Waals surface area (Å²) < 4.78 is 38.3. The van der Waals surface area contributed by atoms with Gasteiger partial charge in [-0.05, 0) is 124 Å². The molecule has 5 heteroatoms. The first kappa shape index (κ1) is 23.9. The van der Waals surface area contributed by atoms with Crippen molar-refractivity contribution in [1.29, 1.82) is 0 Å². The summed E-state index contributed by atoms with van der Waals surface area (Å²) in [5, 5.41) is 20.1. The standard InChI is InChI=1S/C26H43F3O2/c1-16(5-10-22(30)26(27,28)29)19-8-9-20-18-7-6-17-15-23(2,31)13-14-24(17,3)21(18)11-12-25(19,20)4/h16-22,30-31H,5-15H2,1-4H3/t16-,17+,18+,19-,20+,21+,22?,23+,24+,25-/m1/s1. The van der Waals surface area contributed by atoms with Crippen LogP contribution in [0.25, 0.3) is 0 Å². The Labute approximate surface area is 186 Å². The highest BCUT2D eigenvalue weighted by atomic mass is 19.4. The van der Waals surface area contributed by atoms with Gasteiger partial charge in [-0.25, -0.2) is 0 Å². The molecule has 0 radical (unpaired) electrons. The highest BCUT2D eigenvalue weighted by Crippen LogP contribution is 2.68. The van der Waals surface area contributed by atoms with E-state index in [1.54, 1.807) is 0 Å². The third-order valence-electron chi connectivity index (χ3n) is 11.0. The molecule has 4 aliphatic rings. The van der Waals surface area contributed by atoms with Gasteiger partial charge in [-0.2, -0.15) is 13.2 Å². The SMILES string of the molecule is C[C@H](CCC(O)C(F)(F)F)[C@H]1CC[C@H]2[C@@H]3CC[C@H]4C[C@@](C)(O)CC[C@]4(C)[C@H]3CC[C@]12C. The largest absolute Gasteiger partial charge is 0.414 e. The number of hydrogen-bond acceptors (Lipinski definition) is 2. The monoisotopic (exact) mass is 444 g/mol. The molecule has 2 nitrogen and oxygen atoms in total. The van der Waals surface area contributed by atoms with Gasteiger partial charge in [-0.1, -0.05) is 20.8 Å². The summed E-state index contributed by atoms with van der Waals surface area (Å²) in [6, 6.07) is 0. The Kier molecular flexibility index (Phi) is 6.07. The van der Waals surface area contributed by atoms with Gasteiger partial charge in [-0.3, -0.25) is 0 Å². The summed E-state index contributed by atoms with van der Waals surface area (Å²) in [4.78, 5) is 0. The van der Waals surface area contributed by atoms with Gasteiger partial charge in [0.2, 0.25) is 0 Å². The van der Waals surface area contributed by atoms with Gasteiger partial charge < -0.3 is 10.2 Å². The molecule has 0 heterocycles. The number of halogens is 3. The van der Waals surface area contributed by atoms with Crippen molar-refractivity contribution in [3.05, 3.63) is 0 Å². The zero-order valence-corrected chi connectivity index (χ0v) is 19.8. The fraction of sp³-hybridized carbons (Fsp3) is 1.00. The summed E-state index contributed by atoms with van der Waals surface area (Å²) in [7, 11) is 0. The maximum absolute atomic E-state index is 12.8. The molecule has 0 bridgehead atoms. The molecule has 0 amide bonds. The number of fused-ring (bicyclic) bond motifs is 5. The Morgan fingerprint density at radius 3 is 2.23 bits per heavy atom. The summed E-state index contributed by atoms with van der Waals surface area (Å²) in [5.74, 6) is 3.48. The summed E-state index contributed by atoms with van der Waals surface area (Å²) in [5.41, 5.74) is 0.0647. The van der Waals surface area contributed by atoms with Gasteiger partial charge in [0.05, 0.1) is 5.60 Å². The molecular formula is C26H43F3O2. The third-order valence-corrected chi connectivity index (χ3v) is 11.0. The predicted octanol–water partition coefficient (Wildman–Crippen LogP) is 6.74. The topological polar surface area (TPSA) is 40.5 Å². The minimum atomic E-state index is -4.50. The van der Waals surface area contributed by atoms with Crippen molar-refractivity contribution < 1.29 is 23.4 Å². The fourth-order valence-electron chi connectivity index (χ4n) is 9.19. The van der Waals surface area contributed by atoms with Crippen LogP contribution >= 0.6 is 0 Å². The zero-order valence-electron chi connectivity index (χ0n) is 19.8. The zero-order chi connectivity index (χ0) is 22.8. The molecule has 0 aromatic heterocycles. The third kappa shape index (κ3) is 4.09. The Hall–Kier alpha value is -0.290. The molecule has 0 aliphatic heterocycles. The lowest BCUT2D eigenvalue weighted by atomic mass is 9.43. The number of aliphatic hydroxyl groups is 2. The Morgan fingerprint density at radius 1 is 0.871 bits per heavy atom. The van der Waals surface area contributed by atoms with Crippen LogP contribution in [-0.2, 0) is 0 Å². The molecule has 0 aromatic rings. The smallest absolute Gasteiger partial charge is 0.390 e. The second kappa shape index (κ2) is 7.89. The van der Waals surface area contributed by atoms with E-state index in [2.05, 4.69) is 20.8 Å². The predicted molar refractivity (Wildman–Crippen MR) is 116 cm³/mol. The first-order chi connectivity index (χ1) is 14.3. The first-order valence-electron chi connectivity index (χ1n) is 12.7. The van der Waals surface area contributed by atoms with Gasteiger partial charge in [0.25, 0.3) is 0 Å². The molecule has 0 saturated heterocycles. The lowest BCUT2D eigenvalue weighted by molar-refractivity contribution is -0.206. The molecule has 4 rings (SSSR count). The van der Waals surface area contributed by atoms with Crippen LogP contribution in [0.3, 0.4) is 0 Å². The number of hydrogen-bond donors (Lipinski definition) is 2. The Morgan fingerprint density at radius 2 is 1.55 bits per heavy atom. The molecule has 180 valence electrons. The van der Waals surface area contributed by atoms with Crippen molar-refractivity contribution >= 4 is 0 Å². The minimum absolute atomic E-state index is 0.173. The van der Waals surface area contributed by atoms with E-state index in [1.807, 2.05) is 6.92 Å². The molecule has 31 heavy (non-hydrogen) atoms. The average Bonchev–Trinajstić information content (AvgIpc) is 3.02. The second-order valence-electron chi connectivity index (χ2n) is 12.7. The van der Waals surface area contributed by atoms with Crippen LogP contribution in [0.1, 0.15) is 98.3 Å². The van der Waals surface area contributed by atoms with E-state index in [4.69, 9.17) is 0 Å². The van der Waals surface area contributed by atoms with E-state index in [9.17, 15) is 23.4 Å².